The number of benzene rings is 3. The molecule has 1 aliphatic heterocycles. The van der Waals surface area contributed by atoms with Crippen molar-refractivity contribution in [3.63, 3.8) is 0 Å². The zero-order chi connectivity index (χ0) is 20.4. The highest BCUT2D eigenvalue weighted by Gasteiger charge is 2.43. The molecule has 5 heteroatoms. The number of fused-ring (bicyclic) bond motifs is 1. The van der Waals surface area contributed by atoms with E-state index < -0.39 is 5.60 Å². The SMILES string of the molecule is CC(=O)Oc1ccc(C2(c3ccc(OC(C)=O)cc3)OCc3ccccc32)cc1. The molecule has 0 saturated heterocycles. The first-order chi connectivity index (χ1) is 14.0. The molecular weight excluding hydrogens is 368 g/mol. The van der Waals surface area contributed by atoms with E-state index in [0.29, 0.717) is 18.1 Å². The Balaban J connectivity index is 1.82. The van der Waals surface area contributed by atoms with Gasteiger partial charge < -0.3 is 14.2 Å². The van der Waals surface area contributed by atoms with Crippen LogP contribution in [0.4, 0.5) is 0 Å². The summed E-state index contributed by atoms with van der Waals surface area (Å²) in [5.41, 5.74) is 3.19. The molecule has 0 aromatic heterocycles. The molecule has 0 fully saturated rings. The predicted molar refractivity (Wildman–Crippen MR) is 107 cm³/mol. The van der Waals surface area contributed by atoms with E-state index in [1.54, 1.807) is 24.3 Å². The Labute approximate surface area is 168 Å². The molecule has 0 unspecified atom stereocenters. The first-order valence-electron chi connectivity index (χ1n) is 9.29. The van der Waals surface area contributed by atoms with Crippen molar-refractivity contribution >= 4 is 11.9 Å². The summed E-state index contributed by atoms with van der Waals surface area (Å²) in [4.78, 5) is 22.5. The summed E-state index contributed by atoms with van der Waals surface area (Å²) >= 11 is 0. The molecule has 0 radical (unpaired) electrons. The van der Waals surface area contributed by atoms with Crippen LogP contribution in [0.3, 0.4) is 0 Å². The molecule has 0 amide bonds. The summed E-state index contributed by atoms with van der Waals surface area (Å²) in [5.74, 6) is 0.229. The van der Waals surface area contributed by atoms with Crippen molar-refractivity contribution in [3.05, 3.63) is 95.1 Å². The molecule has 5 nitrogen and oxygen atoms in total. The Morgan fingerprint density at radius 3 is 1.72 bits per heavy atom. The van der Waals surface area contributed by atoms with Gasteiger partial charge in [-0.05, 0) is 46.5 Å². The van der Waals surface area contributed by atoms with Crippen LogP contribution in [0, 0.1) is 0 Å². The van der Waals surface area contributed by atoms with Gasteiger partial charge in [-0.15, -0.1) is 0 Å². The molecule has 3 aromatic carbocycles. The second-order valence-corrected chi connectivity index (χ2v) is 6.86. The lowest BCUT2D eigenvalue weighted by Crippen LogP contribution is -2.28. The van der Waals surface area contributed by atoms with Crippen LogP contribution in [0.5, 0.6) is 11.5 Å². The molecule has 0 saturated carbocycles. The predicted octanol–water partition coefficient (Wildman–Crippen LogP) is 4.36. The van der Waals surface area contributed by atoms with Gasteiger partial charge in [0.25, 0.3) is 0 Å². The van der Waals surface area contributed by atoms with Crippen molar-refractivity contribution in [2.45, 2.75) is 26.1 Å². The fourth-order valence-corrected chi connectivity index (χ4v) is 3.75. The standard InChI is InChI=1S/C24H20O5/c1-16(25)28-21-11-7-19(8-12-21)24(23-6-4-3-5-18(23)15-27-24)20-9-13-22(14-10-20)29-17(2)26/h3-14H,15H2,1-2H3. The number of hydrogen-bond acceptors (Lipinski definition) is 5. The summed E-state index contributed by atoms with van der Waals surface area (Å²) in [7, 11) is 0. The Kier molecular flexibility index (Phi) is 4.91. The lowest BCUT2D eigenvalue weighted by Gasteiger charge is -2.31. The van der Waals surface area contributed by atoms with Crippen molar-refractivity contribution < 1.29 is 23.8 Å². The second kappa shape index (κ2) is 7.53. The van der Waals surface area contributed by atoms with Gasteiger partial charge in [0.15, 0.2) is 0 Å². The summed E-state index contributed by atoms with van der Waals surface area (Å²) in [6.45, 7) is 3.22. The minimum absolute atomic E-state index is 0.365. The number of ether oxygens (including phenoxy) is 3. The third-order valence-electron chi connectivity index (χ3n) is 4.89. The molecule has 146 valence electrons. The molecule has 29 heavy (non-hydrogen) atoms. The van der Waals surface area contributed by atoms with E-state index in [9.17, 15) is 9.59 Å². The Bertz CT molecular complexity index is 992. The topological polar surface area (TPSA) is 61.8 Å². The molecule has 0 spiro atoms. The van der Waals surface area contributed by atoms with Crippen LogP contribution < -0.4 is 9.47 Å². The highest BCUT2D eigenvalue weighted by Crippen LogP contribution is 2.47. The minimum atomic E-state index is -0.805. The van der Waals surface area contributed by atoms with Crippen molar-refractivity contribution in [2.75, 3.05) is 0 Å². The van der Waals surface area contributed by atoms with Gasteiger partial charge in [0.05, 0.1) is 6.61 Å². The molecule has 4 rings (SSSR count). The van der Waals surface area contributed by atoms with Crippen LogP contribution in [-0.4, -0.2) is 11.9 Å². The average Bonchev–Trinajstić information content (AvgIpc) is 3.09. The lowest BCUT2D eigenvalue weighted by molar-refractivity contribution is -0.132. The number of hydrogen-bond donors (Lipinski definition) is 0. The van der Waals surface area contributed by atoms with Crippen LogP contribution in [0.25, 0.3) is 0 Å². The van der Waals surface area contributed by atoms with E-state index in [1.165, 1.54) is 13.8 Å². The van der Waals surface area contributed by atoms with Crippen LogP contribution in [0.2, 0.25) is 0 Å². The van der Waals surface area contributed by atoms with Gasteiger partial charge in [-0.3, -0.25) is 9.59 Å². The number of esters is 2. The van der Waals surface area contributed by atoms with Gasteiger partial charge in [0, 0.05) is 13.8 Å². The summed E-state index contributed by atoms with van der Waals surface area (Å²) in [6, 6.07) is 22.7. The van der Waals surface area contributed by atoms with Gasteiger partial charge in [0.2, 0.25) is 0 Å². The first kappa shape index (κ1) is 18.9. The van der Waals surface area contributed by atoms with Gasteiger partial charge in [-0.25, -0.2) is 0 Å². The zero-order valence-electron chi connectivity index (χ0n) is 16.2. The average molecular weight is 388 g/mol. The molecule has 0 atom stereocenters. The Morgan fingerprint density at radius 1 is 0.759 bits per heavy atom. The maximum atomic E-state index is 11.2. The maximum absolute atomic E-state index is 11.2. The van der Waals surface area contributed by atoms with E-state index in [4.69, 9.17) is 14.2 Å². The molecule has 0 N–H and O–H groups in total. The fraction of sp³-hybridized carbons (Fsp3) is 0.167. The molecule has 3 aromatic rings. The van der Waals surface area contributed by atoms with E-state index in [0.717, 1.165) is 22.3 Å². The van der Waals surface area contributed by atoms with Crippen LogP contribution in [0.1, 0.15) is 36.1 Å². The van der Waals surface area contributed by atoms with Gasteiger partial charge in [-0.1, -0.05) is 48.5 Å². The van der Waals surface area contributed by atoms with Gasteiger partial charge in [-0.2, -0.15) is 0 Å². The van der Waals surface area contributed by atoms with Crippen molar-refractivity contribution in [1.82, 2.24) is 0 Å². The van der Waals surface area contributed by atoms with Crippen LogP contribution in [-0.2, 0) is 26.5 Å². The molecular formula is C24H20O5. The minimum Gasteiger partial charge on any atom is -0.427 e. The first-order valence-corrected chi connectivity index (χ1v) is 9.29. The Morgan fingerprint density at radius 2 is 1.24 bits per heavy atom. The molecule has 1 heterocycles. The van der Waals surface area contributed by atoms with Crippen LogP contribution in [0.15, 0.2) is 72.8 Å². The monoisotopic (exact) mass is 388 g/mol. The third-order valence-corrected chi connectivity index (χ3v) is 4.89. The van der Waals surface area contributed by atoms with Crippen molar-refractivity contribution in [2.24, 2.45) is 0 Å². The van der Waals surface area contributed by atoms with E-state index in [2.05, 4.69) is 12.1 Å². The zero-order valence-corrected chi connectivity index (χ0v) is 16.2. The fourth-order valence-electron chi connectivity index (χ4n) is 3.75. The van der Waals surface area contributed by atoms with Crippen molar-refractivity contribution in [1.29, 1.82) is 0 Å². The highest BCUT2D eigenvalue weighted by molar-refractivity contribution is 5.70. The van der Waals surface area contributed by atoms with Gasteiger partial charge in [0.1, 0.15) is 17.1 Å². The van der Waals surface area contributed by atoms with E-state index in [-0.39, 0.29) is 11.9 Å². The molecule has 0 bridgehead atoms. The smallest absolute Gasteiger partial charge is 0.308 e. The highest BCUT2D eigenvalue weighted by atomic mass is 16.5. The van der Waals surface area contributed by atoms with Crippen LogP contribution >= 0.6 is 0 Å². The summed E-state index contributed by atoms with van der Waals surface area (Å²) < 4.78 is 16.7. The molecule has 0 aliphatic carbocycles. The number of carbonyl (C=O) groups excluding carboxylic acids is 2. The van der Waals surface area contributed by atoms with Gasteiger partial charge >= 0.3 is 11.9 Å². The summed E-state index contributed by atoms with van der Waals surface area (Å²) in [5, 5.41) is 0. The largest absolute Gasteiger partial charge is 0.427 e. The van der Waals surface area contributed by atoms with E-state index in [1.807, 2.05) is 36.4 Å². The normalized spacial score (nSPS) is 14.1. The summed E-state index contributed by atoms with van der Waals surface area (Å²) in [6.07, 6.45) is 0. The van der Waals surface area contributed by atoms with Crippen molar-refractivity contribution in [3.8, 4) is 11.5 Å². The number of rotatable bonds is 4. The number of carbonyl (C=O) groups is 2. The van der Waals surface area contributed by atoms with E-state index >= 15 is 0 Å². The maximum Gasteiger partial charge on any atom is 0.308 e. The quantitative estimate of drug-likeness (QED) is 0.491. The lowest BCUT2D eigenvalue weighted by atomic mass is 9.80. The Hall–Kier alpha value is -3.44. The third kappa shape index (κ3) is 3.52. The molecule has 1 aliphatic rings. The second-order valence-electron chi connectivity index (χ2n) is 6.86.